The van der Waals surface area contributed by atoms with Gasteiger partial charge in [0.2, 0.25) is 0 Å². The van der Waals surface area contributed by atoms with Crippen molar-refractivity contribution in [3.63, 3.8) is 0 Å². The largest absolute Gasteiger partial charge is 0.245 e. The second kappa shape index (κ2) is 7.55. The second-order valence-electron chi connectivity index (χ2n) is 4.52. The Bertz CT molecular complexity index is 579. The zero-order valence-electron chi connectivity index (χ0n) is 12.0. The summed E-state index contributed by atoms with van der Waals surface area (Å²) in [6.45, 7) is 2.10. The normalized spacial score (nSPS) is 13.2. The molecule has 0 saturated carbocycles. The fourth-order valence-corrected chi connectivity index (χ4v) is 3.85. The lowest BCUT2D eigenvalue weighted by Gasteiger charge is -2.16. The standard InChI is InChI=1S/C17H19NS2/c1-13-8-7-11-15(12-13)18-17(20-3)16(19-2)14-9-5-4-6-10-14/h4-12,16H,1-3H3. The Morgan fingerprint density at radius 2 is 1.75 bits per heavy atom. The molecule has 1 nitrogen and oxygen atoms in total. The number of benzene rings is 2. The molecule has 1 atom stereocenters. The number of aliphatic imine (C=N–C) groups is 1. The van der Waals surface area contributed by atoms with Gasteiger partial charge in [-0.15, -0.1) is 11.8 Å². The molecule has 2 rings (SSSR count). The van der Waals surface area contributed by atoms with Crippen LogP contribution in [0.15, 0.2) is 59.6 Å². The zero-order chi connectivity index (χ0) is 14.4. The van der Waals surface area contributed by atoms with E-state index in [1.54, 1.807) is 11.8 Å². The van der Waals surface area contributed by atoms with Crippen molar-refractivity contribution >= 4 is 34.3 Å². The molecule has 2 aromatic rings. The van der Waals surface area contributed by atoms with Gasteiger partial charge in [-0.3, -0.25) is 0 Å². The SMILES string of the molecule is CSC(=Nc1cccc(C)c1)C(SC)c1ccccc1. The summed E-state index contributed by atoms with van der Waals surface area (Å²) >= 11 is 3.55. The molecule has 0 aliphatic heterocycles. The predicted molar refractivity (Wildman–Crippen MR) is 94.5 cm³/mol. The zero-order valence-corrected chi connectivity index (χ0v) is 13.7. The molecule has 0 bridgehead atoms. The third-order valence-electron chi connectivity index (χ3n) is 3.01. The summed E-state index contributed by atoms with van der Waals surface area (Å²) in [5.41, 5.74) is 3.58. The third kappa shape index (κ3) is 3.90. The topological polar surface area (TPSA) is 12.4 Å². The summed E-state index contributed by atoms with van der Waals surface area (Å²) in [4.78, 5) is 4.84. The van der Waals surface area contributed by atoms with Gasteiger partial charge >= 0.3 is 0 Å². The van der Waals surface area contributed by atoms with Crippen LogP contribution in [0.4, 0.5) is 5.69 Å². The van der Waals surface area contributed by atoms with Gasteiger partial charge in [0.1, 0.15) is 0 Å². The highest BCUT2D eigenvalue weighted by molar-refractivity contribution is 8.15. The maximum atomic E-state index is 4.84. The molecule has 0 amide bonds. The number of hydrogen-bond donors (Lipinski definition) is 0. The van der Waals surface area contributed by atoms with E-state index in [0.29, 0.717) is 5.25 Å². The first-order chi connectivity index (χ1) is 9.74. The van der Waals surface area contributed by atoms with Crippen LogP contribution in [0.3, 0.4) is 0 Å². The van der Waals surface area contributed by atoms with Gasteiger partial charge in [0.25, 0.3) is 0 Å². The van der Waals surface area contributed by atoms with Crippen LogP contribution in [-0.2, 0) is 0 Å². The molecule has 0 heterocycles. The van der Waals surface area contributed by atoms with Gasteiger partial charge in [-0.05, 0) is 42.7 Å². The average Bonchev–Trinajstić information content (AvgIpc) is 2.48. The molecular formula is C17H19NS2. The van der Waals surface area contributed by atoms with E-state index in [1.807, 2.05) is 11.8 Å². The predicted octanol–water partition coefficient (Wildman–Crippen LogP) is 5.49. The molecule has 0 aliphatic carbocycles. The lowest BCUT2D eigenvalue weighted by Crippen LogP contribution is -2.04. The third-order valence-corrected chi connectivity index (χ3v) is 4.87. The van der Waals surface area contributed by atoms with Crippen LogP contribution in [0.25, 0.3) is 0 Å². The van der Waals surface area contributed by atoms with Crippen LogP contribution >= 0.6 is 23.5 Å². The van der Waals surface area contributed by atoms with Crippen LogP contribution in [0.2, 0.25) is 0 Å². The highest BCUT2D eigenvalue weighted by Gasteiger charge is 2.16. The number of thioether (sulfide) groups is 2. The van der Waals surface area contributed by atoms with Crippen molar-refractivity contribution in [1.29, 1.82) is 0 Å². The Morgan fingerprint density at radius 3 is 2.35 bits per heavy atom. The van der Waals surface area contributed by atoms with E-state index >= 15 is 0 Å². The molecule has 2 aromatic carbocycles. The van der Waals surface area contributed by atoms with Crippen LogP contribution < -0.4 is 0 Å². The van der Waals surface area contributed by atoms with E-state index in [9.17, 15) is 0 Å². The minimum absolute atomic E-state index is 0.298. The first-order valence-electron chi connectivity index (χ1n) is 6.51. The molecular weight excluding hydrogens is 282 g/mol. The molecule has 0 saturated heterocycles. The van der Waals surface area contributed by atoms with Crippen molar-refractivity contribution < 1.29 is 0 Å². The molecule has 0 aliphatic rings. The molecule has 0 fully saturated rings. The van der Waals surface area contributed by atoms with Gasteiger partial charge < -0.3 is 0 Å². The van der Waals surface area contributed by atoms with Crippen molar-refractivity contribution in [2.75, 3.05) is 12.5 Å². The van der Waals surface area contributed by atoms with E-state index in [1.165, 1.54) is 11.1 Å². The molecule has 0 N–H and O–H groups in total. The summed E-state index contributed by atoms with van der Waals surface area (Å²) in [5.74, 6) is 0. The van der Waals surface area contributed by atoms with Gasteiger partial charge in [-0.25, -0.2) is 4.99 Å². The Hall–Kier alpha value is -1.19. The molecule has 0 spiro atoms. The fourth-order valence-electron chi connectivity index (χ4n) is 2.04. The van der Waals surface area contributed by atoms with Crippen molar-refractivity contribution in [3.8, 4) is 0 Å². The lowest BCUT2D eigenvalue weighted by molar-refractivity contribution is 1.30. The minimum atomic E-state index is 0.298. The minimum Gasteiger partial charge on any atom is -0.245 e. The van der Waals surface area contributed by atoms with Gasteiger partial charge in [-0.1, -0.05) is 42.5 Å². The summed E-state index contributed by atoms with van der Waals surface area (Å²) < 4.78 is 0. The van der Waals surface area contributed by atoms with E-state index in [-0.39, 0.29) is 0 Å². The second-order valence-corrected chi connectivity index (χ2v) is 6.29. The Labute approximate surface area is 129 Å². The maximum Gasteiger partial charge on any atom is 0.0910 e. The van der Waals surface area contributed by atoms with E-state index in [4.69, 9.17) is 4.99 Å². The first kappa shape index (κ1) is 15.2. The smallest absolute Gasteiger partial charge is 0.0910 e. The molecule has 3 heteroatoms. The summed E-state index contributed by atoms with van der Waals surface area (Å²) in [6, 6.07) is 18.9. The van der Waals surface area contributed by atoms with Crippen LogP contribution in [0.1, 0.15) is 16.4 Å². The number of rotatable bonds is 4. The van der Waals surface area contributed by atoms with Gasteiger partial charge in [0.05, 0.1) is 16.0 Å². The summed E-state index contributed by atoms with van der Waals surface area (Å²) in [6.07, 6.45) is 4.24. The Kier molecular flexibility index (Phi) is 5.74. The van der Waals surface area contributed by atoms with Crippen molar-refractivity contribution in [1.82, 2.24) is 0 Å². The molecule has 1 unspecified atom stereocenters. The monoisotopic (exact) mass is 301 g/mol. The summed E-state index contributed by atoms with van der Waals surface area (Å²) in [7, 11) is 0. The molecule has 0 aromatic heterocycles. The summed E-state index contributed by atoms with van der Waals surface area (Å²) in [5, 5.41) is 1.45. The van der Waals surface area contributed by atoms with Crippen LogP contribution in [0.5, 0.6) is 0 Å². The van der Waals surface area contributed by atoms with E-state index < -0.39 is 0 Å². The molecule has 20 heavy (non-hydrogen) atoms. The maximum absolute atomic E-state index is 4.84. The van der Waals surface area contributed by atoms with Crippen LogP contribution in [0, 0.1) is 6.92 Å². The van der Waals surface area contributed by atoms with E-state index in [0.717, 1.165) is 10.7 Å². The van der Waals surface area contributed by atoms with Crippen molar-refractivity contribution in [3.05, 3.63) is 65.7 Å². The lowest BCUT2D eigenvalue weighted by atomic mass is 10.1. The molecule has 104 valence electrons. The average molecular weight is 301 g/mol. The quantitative estimate of drug-likeness (QED) is 0.546. The van der Waals surface area contributed by atoms with Crippen molar-refractivity contribution in [2.45, 2.75) is 12.2 Å². The Morgan fingerprint density at radius 1 is 1.00 bits per heavy atom. The van der Waals surface area contributed by atoms with Gasteiger partial charge in [0.15, 0.2) is 0 Å². The molecule has 0 radical (unpaired) electrons. The van der Waals surface area contributed by atoms with Gasteiger partial charge in [-0.2, -0.15) is 11.8 Å². The van der Waals surface area contributed by atoms with Crippen molar-refractivity contribution in [2.24, 2.45) is 4.99 Å². The highest BCUT2D eigenvalue weighted by Crippen LogP contribution is 2.33. The number of nitrogens with zero attached hydrogens (tertiary/aromatic N) is 1. The Balaban J connectivity index is 2.35. The number of aryl methyl sites for hydroxylation is 1. The van der Waals surface area contributed by atoms with Gasteiger partial charge in [0, 0.05) is 0 Å². The highest BCUT2D eigenvalue weighted by atomic mass is 32.2. The van der Waals surface area contributed by atoms with E-state index in [2.05, 4.69) is 74.0 Å². The fraction of sp³-hybridized carbons (Fsp3) is 0.235. The van der Waals surface area contributed by atoms with Crippen LogP contribution in [-0.4, -0.2) is 17.6 Å². The first-order valence-corrected chi connectivity index (χ1v) is 9.03. The number of hydrogen-bond acceptors (Lipinski definition) is 3.